The lowest BCUT2D eigenvalue weighted by molar-refractivity contribution is -0.115. The Bertz CT molecular complexity index is 1210. The molecular formula is C24H29N3O5S. The van der Waals surface area contributed by atoms with E-state index in [1.807, 2.05) is 26.0 Å². The van der Waals surface area contributed by atoms with Crippen molar-refractivity contribution in [2.24, 2.45) is 0 Å². The molecule has 3 aromatic rings. The smallest absolute Gasteiger partial charge is 0.241 e. The molecule has 33 heavy (non-hydrogen) atoms. The number of aromatic nitrogens is 1. The Morgan fingerprint density at radius 1 is 1.09 bits per heavy atom. The zero-order valence-electron chi connectivity index (χ0n) is 19.4. The van der Waals surface area contributed by atoms with Crippen molar-refractivity contribution < 1.29 is 22.5 Å². The number of benzene rings is 2. The van der Waals surface area contributed by atoms with E-state index in [0.717, 1.165) is 22.6 Å². The Kier molecular flexibility index (Phi) is 7.24. The van der Waals surface area contributed by atoms with Crippen molar-refractivity contribution in [1.29, 1.82) is 0 Å². The summed E-state index contributed by atoms with van der Waals surface area (Å²) < 4.78 is 38.6. The highest BCUT2D eigenvalue weighted by Gasteiger charge is 2.22. The van der Waals surface area contributed by atoms with E-state index in [0.29, 0.717) is 18.0 Å². The summed E-state index contributed by atoms with van der Waals surface area (Å²) in [6.45, 7) is 9.36. The van der Waals surface area contributed by atoms with E-state index < -0.39 is 15.6 Å². The van der Waals surface area contributed by atoms with Crippen molar-refractivity contribution in [2.75, 3.05) is 5.32 Å². The molecule has 0 saturated carbocycles. The molecule has 1 aromatic heterocycles. The van der Waals surface area contributed by atoms with Crippen LogP contribution in [0.25, 0.3) is 0 Å². The highest BCUT2D eigenvalue weighted by molar-refractivity contribution is 7.89. The largest absolute Gasteiger partial charge is 0.489 e. The molecular weight excluding hydrogens is 442 g/mol. The van der Waals surface area contributed by atoms with E-state index >= 15 is 0 Å². The van der Waals surface area contributed by atoms with Crippen LogP contribution in [-0.2, 0) is 27.8 Å². The molecule has 3 rings (SSSR count). The van der Waals surface area contributed by atoms with E-state index in [1.165, 1.54) is 12.1 Å². The van der Waals surface area contributed by atoms with Crippen molar-refractivity contribution in [3.8, 4) is 5.75 Å². The number of sulfonamides is 1. The first-order valence-electron chi connectivity index (χ1n) is 10.5. The first-order chi connectivity index (χ1) is 15.4. The lowest BCUT2D eigenvalue weighted by Gasteiger charge is -2.20. The summed E-state index contributed by atoms with van der Waals surface area (Å²) in [4.78, 5) is 12.6. The molecule has 2 N–H and O–H groups in total. The maximum Gasteiger partial charge on any atom is 0.241 e. The molecule has 0 saturated heterocycles. The van der Waals surface area contributed by atoms with E-state index in [2.05, 4.69) is 15.2 Å². The minimum atomic E-state index is -3.69. The van der Waals surface area contributed by atoms with E-state index in [1.54, 1.807) is 45.0 Å². The fourth-order valence-electron chi connectivity index (χ4n) is 3.16. The standard InChI is InChI=1S/C24H29N3O5S/c1-16-22(17(2)32-26-16)15-31-20-11-9-18(10-12-20)13-23(28)25-19-7-6-8-21(14-19)33(29,30)27-24(3,4)5/h6-12,14,27H,13,15H2,1-5H3,(H,25,28). The van der Waals surface area contributed by atoms with Gasteiger partial charge in [0.2, 0.25) is 15.9 Å². The highest BCUT2D eigenvalue weighted by Crippen LogP contribution is 2.20. The van der Waals surface area contributed by atoms with Crippen LogP contribution in [0.3, 0.4) is 0 Å². The second kappa shape index (κ2) is 9.76. The van der Waals surface area contributed by atoms with Crippen LogP contribution < -0.4 is 14.8 Å². The van der Waals surface area contributed by atoms with Gasteiger partial charge in [-0.25, -0.2) is 13.1 Å². The first kappa shape index (κ1) is 24.5. The van der Waals surface area contributed by atoms with Crippen molar-refractivity contribution in [3.05, 3.63) is 71.1 Å². The van der Waals surface area contributed by atoms with Gasteiger partial charge in [0.15, 0.2) is 0 Å². The SMILES string of the molecule is Cc1noc(C)c1COc1ccc(CC(=O)Nc2cccc(S(=O)(=O)NC(C)(C)C)c2)cc1. The summed E-state index contributed by atoms with van der Waals surface area (Å²) in [7, 11) is -3.69. The molecule has 0 aliphatic heterocycles. The second-order valence-electron chi connectivity index (χ2n) is 8.84. The van der Waals surface area contributed by atoms with E-state index in [4.69, 9.17) is 9.26 Å². The molecule has 0 aliphatic rings. The third-order valence-corrected chi connectivity index (χ3v) is 6.48. The molecule has 9 heteroatoms. The summed E-state index contributed by atoms with van der Waals surface area (Å²) in [6, 6.07) is 13.4. The minimum Gasteiger partial charge on any atom is -0.489 e. The monoisotopic (exact) mass is 471 g/mol. The number of rotatable bonds is 8. The number of hydrogen-bond donors (Lipinski definition) is 2. The lowest BCUT2D eigenvalue weighted by Crippen LogP contribution is -2.40. The van der Waals surface area contributed by atoms with Gasteiger partial charge in [-0.2, -0.15) is 0 Å². The molecule has 0 aliphatic carbocycles. The van der Waals surface area contributed by atoms with Crippen LogP contribution in [0.1, 0.15) is 43.4 Å². The summed E-state index contributed by atoms with van der Waals surface area (Å²) in [5, 5.41) is 6.66. The maximum atomic E-state index is 12.5. The molecule has 8 nitrogen and oxygen atoms in total. The molecule has 0 radical (unpaired) electrons. The molecule has 1 heterocycles. The average molecular weight is 472 g/mol. The van der Waals surface area contributed by atoms with E-state index in [9.17, 15) is 13.2 Å². The fourth-order valence-corrected chi connectivity index (χ4v) is 4.62. The Balaban J connectivity index is 1.59. The van der Waals surface area contributed by atoms with Crippen LogP contribution in [-0.4, -0.2) is 25.0 Å². The van der Waals surface area contributed by atoms with Crippen molar-refractivity contribution in [1.82, 2.24) is 9.88 Å². The van der Waals surface area contributed by atoms with Gasteiger partial charge in [0, 0.05) is 11.2 Å². The van der Waals surface area contributed by atoms with Gasteiger partial charge in [-0.05, 0) is 70.5 Å². The minimum absolute atomic E-state index is 0.0926. The quantitative estimate of drug-likeness (QED) is 0.511. The van der Waals surface area contributed by atoms with Crippen LogP contribution in [0.4, 0.5) is 5.69 Å². The van der Waals surface area contributed by atoms with Gasteiger partial charge in [-0.3, -0.25) is 4.79 Å². The van der Waals surface area contributed by atoms with Crippen LogP contribution >= 0.6 is 0 Å². The third kappa shape index (κ3) is 6.90. The second-order valence-corrected chi connectivity index (χ2v) is 10.5. The summed E-state index contributed by atoms with van der Waals surface area (Å²) in [6.07, 6.45) is 0.140. The number of carbonyl (C=O) groups excluding carboxylic acids is 1. The van der Waals surface area contributed by atoms with Crippen LogP contribution in [0.2, 0.25) is 0 Å². The topological polar surface area (TPSA) is 111 Å². The van der Waals surface area contributed by atoms with Crippen molar-refractivity contribution >= 4 is 21.6 Å². The molecule has 0 atom stereocenters. The molecule has 0 unspecified atom stereocenters. The van der Waals surface area contributed by atoms with Crippen molar-refractivity contribution in [3.63, 3.8) is 0 Å². The van der Waals surface area contributed by atoms with Crippen LogP contribution in [0, 0.1) is 13.8 Å². The van der Waals surface area contributed by atoms with Gasteiger partial charge >= 0.3 is 0 Å². The Hall–Kier alpha value is -3.17. The number of carbonyl (C=O) groups is 1. The Morgan fingerprint density at radius 2 is 1.79 bits per heavy atom. The predicted octanol–water partition coefficient (Wildman–Crippen LogP) is 4.13. The number of aryl methyl sites for hydroxylation is 2. The summed E-state index contributed by atoms with van der Waals surface area (Å²) >= 11 is 0. The molecule has 1 amide bonds. The third-order valence-electron chi connectivity index (χ3n) is 4.72. The normalized spacial score (nSPS) is 11.9. The number of anilines is 1. The molecule has 176 valence electrons. The van der Waals surface area contributed by atoms with Crippen LogP contribution in [0.5, 0.6) is 5.75 Å². The number of ether oxygens (including phenoxy) is 1. The Labute approximate surface area is 194 Å². The number of hydrogen-bond acceptors (Lipinski definition) is 6. The summed E-state index contributed by atoms with van der Waals surface area (Å²) in [5.74, 6) is 1.15. The fraction of sp³-hybridized carbons (Fsp3) is 0.333. The highest BCUT2D eigenvalue weighted by atomic mass is 32.2. The summed E-state index contributed by atoms with van der Waals surface area (Å²) in [5.41, 5.74) is 2.32. The van der Waals surface area contributed by atoms with Crippen molar-refractivity contribution in [2.45, 2.75) is 58.1 Å². The zero-order valence-corrected chi connectivity index (χ0v) is 20.2. The lowest BCUT2D eigenvalue weighted by atomic mass is 10.1. The molecule has 0 fully saturated rings. The Morgan fingerprint density at radius 3 is 2.39 bits per heavy atom. The number of nitrogens with one attached hydrogen (secondary N) is 2. The zero-order chi connectivity index (χ0) is 24.2. The first-order valence-corrected chi connectivity index (χ1v) is 12.0. The molecule has 2 aromatic carbocycles. The molecule has 0 bridgehead atoms. The van der Waals surface area contributed by atoms with Gasteiger partial charge in [0.05, 0.1) is 22.6 Å². The molecule has 0 spiro atoms. The van der Waals surface area contributed by atoms with Gasteiger partial charge in [0.25, 0.3) is 0 Å². The number of amides is 1. The number of nitrogens with zero attached hydrogens (tertiary/aromatic N) is 1. The van der Waals surface area contributed by atoms with Gasteiger partial charge in [-0.1, -0.05) is 23.4 Å². The van der Waals surface area contributed by atoms with Gasteiger partial charge in [-0.15, -0.1) is 0 Å². The van der Waals surface area contributed by atoms with Gasteiger partial charge in [0.1, 0.15) is 18.1 Å². The van der Waals surface area contributed by atoms with Crippen LogP contribution in [0.15, 0.2) is 57.9 Å². The predicted molar refractivity (Wildman–Crippen MR) is 126 cm³/mol. The van der Waals surface area contributed by atoms with Gasteiger partial charge < -0.3 is 14.6 Å². The maximum absolute atomic E-state index is 12.5. The average Bonchev–Trinajstić information content (AvgIpc) is 3.03. The van der Waals surface area contributed by atoms with E-state index in [-0.39, 0.29) is 17.2 Å².